The minimum Gasteiger partial charge on any atom is -0.350 e. The van der Waals surface area contributed by atoms with Crippen LogP contribution in [-0.2, 0) is 19.6 Å². The summed E-state index contributed by atoms with van der Waals surface area (Å²) in [4.78, 5) is 26.4. The zero-order chi connectivity index (χ0) is 23.9. The highest BCUT2D eigenvalue weighted by atomic mass is 127. The van der Waals surface area contributed by atoms with E-state index in [1.165, 1.54) is 24.3 Å². The number of benzene rings is 2. The molecular weight excluding hydrogens is 583 g/mol. The molecule has 0 unspecified atom stereocenters. The molecule has 12 heteroatoms. The fraction of sp³-hybridized carbons (Fsp3) is 0.0952. The molecule has 0 spiro atoms. The van der Waals surface area contributed by atoms with E-state index in [1.807, 2.05) is 0 Å². The maximum absolute atomic E-state index is 12.9. The Bertz CT molecular complexity index is 1400. The van der Waals surface area contributed by atoms with E-state index < -0.39 is 21.8 Å². The van der Waals surface area contributed by atoms with Gasteiger partial charge in [-0.15, -0.1) is 0 Å². The Balaban J connectivity index is 1.53. The summed E-state index contributed by atoms with van der Waals surface area (Å²) >= 11 is 8.26. The number of hydrogen-bond donors (Lipinski definition) is 2. The zero-order valence-electron chi connectivity index (χ0n) is 17.2. The standard InChI is InChI=1S/C21H16ClIN4O5S/c1-11-12(2)25-32-19(11)26-33(30,31)16-9-5-14(6-10-16)24-18-17(22)20(28)27(21(18)29)15-7-3-13(23)4-8-15/h3-10,24,26H,1-2H3. The van der Waals surface area contributed by atoms with Crippen molar-refractivity contribution in [3.63, 3.8) is 0 Å². The minimum absolute atomic E-state index is 0.0316. The number of carbonyl (C=O) groups is 2. The second-order valence-corrected chi connectivity index (χ2v) is 10.4. The maximum Gasteiger partial charge on any atom is 0.283 e. The molecule has 2 heterocycles. The molecule has 0 aliphatic carbocycles. The number of imide groups is 1. The Kier molecular flexibility index (Phi) is 6.20. The van der Waals surface area contributed by atoms with Gasteiger partial charge in [0.15, 0.2) is 0 Å². The smallest absolute Gasteiger partial charge is 0.283 e. The van der Waals surface area contributed by atoms with Crippen LogP contribution in [0, 0.1) is 17.4 Å². The third-order valence-electron chi connectivity index (χ3n) is 4.93. The van der Waals surface area contributed by atoms with Crippen molar-refractivity contribution in [3.8, 4) is 0 Å². The zero-order valence-corrected chi connectivity index (χ0v) is 20.9. The number of nitrogens with zero attached hydrogens (tertiary/aromatic N) is 2. The molecular formula is C21H16ClIN4O5S. The van der Waals surface area contributed by atoms with E-state index in [0.29, 0.717) is 22.6 Å². The first-order valence-electron chi connectivity index (χ1n) is 9.45. The Morgan fingerprint density at radius 2 is 1.64 bits per heavy atom. The van der Waals surface area contributed by atoms with E-state index >= 15 is 0 Å². The number of halogens is 2. The molecule has 2 N–H and O–H groups in total. The fourth-order valence-electron chi connectivity index (χ4n) is 2.99. The van der Waals surface area contributed by atoms with Crippen molar-refractivity contribution in [2.24, 2.45) is 0 Å². The van der Waals surface area contributed by atoms with Crippen LogP contribution in [0.15, 0.2) is 68.7 Å². The molecule has 9 nitrogen and oxygen atoms in total. The quantitative estimate of drug-likeness (QED) is 0.323. The molecule has 1 aromatic heterocycles. The molecule has 0 radical (unpaired) electrons. The van der Waals surface area contributed by atoms with Gasteiger partial charge in [-0.05, 0) is 85.0 Å². The number of sulfonamides is 1. The number of anilines is 3. The Morgan fingerprint density at radius 3 is 2.21 bits per heavy atom. The summed E-state index contributed by atoms with van der Waals surface area (Å²) in [7, 11) is -3.92. The predicted octanol–water partition coefficient (Wildman–Crippen LogP) is 4.13. The van der Waals surface area contributed by atoms with Crippen LogP contribution < -0.4 is 14.9 Å². The molecule has 0 saturated heterocycles. The van der Waals surface area contributed by atoms with Crippen LogP contribution in [0.2, 0.25) is 0 Å². The lowest BCUT2D eigenvalue weighted by molar-refractivity contribution is -0.120. The van der Waals surface area contributed by atoms with Crippen LogP contribution in [-0.4, -0.2) is 25.4 Å². The second kappa shape index (κ2) is 8.80. The van der Waals surface area contributed by atoms with Gasteiger partial charge in [-0.2, -0.15) is 0 Å². The third kappa shape index (κ3) is 4.48. The highest BCUT2D eigenvalue weighted by Crippen LogP contribution is 2.31. The van der Waals surface area contributed by atoms with Crippen LogP contribution >= 0.6 is 34.2 Å². The van der Waals surface area contributed by atoms with Crippen molar-refractivity contribution in [1.29, 1.82) is 0 Å². The molecule has 4 rings (SSSR count). The first kappa shape index (κ1) is 23.3. The molecule has 2 amide bonds. The van der Waals surface area contributed by atoms with Gasteiger partial charge in [-0.25, -0.2) is 18.0 Å². The van der Waals surface area contributed by atoms with E-state index in [4.69, 9.17) is 16.1 Å². The van der Waals surface area contributed by atoms with Gasteiger partial charge >= 0.3 is 0 Å². The number of carbonyl (C=O) groups excluding carboxylic acids is 2. The van der Waals surface area contributed by atoms with Crippen molar-refractivity contribution < 1.29 is 22.5 Å². The molecule has 0 atom stereocenters. The molecule has 0 fully saturated rings. The highest BCUT2D eigenvalue weighted by Gasteiger charge is 2.39. The molecule has 1 aliphatic heterocycles. The Hall–Kier alpha value is -2.90. The topological polar surface area (TPSA) is 122 Å². The van der Waals surface area contributed by atoms with Crippen molar-refractivity contribution in [1.82, 2.24) is 5.16 Å². The number of amides is 2. The van der Waals surface area contributed by atoms with E-state index in [0.717, 1.165) is 8.47 Å². The van der Waals surface area contributed by atoms with Crippen LogP contribution in [0.5, 0.6) is 0 Å². The number of aryl methyl sites for hydroxylation is 1. The molecule has 1 aliphatic rings. The van der Waals surface area contributed by atoms with Gasteiger partial charge in [0.25, 0.3) is 21.8 Å². The van der Waals surface area contributed by atoms with Gasteiger partial charge in [0.1, 0.15) is 10.7 Å². The van der Waals surface area contributed by atoms with Crippen molar-refractivity contribution in [2.75, 3.05) is 14.9 Å². The van der Waals surface area contributed by atoms with Crippen LogP contribution in [0.25, 0.3) is 0 Å². The summed E-state index contributed by atoms with van der Waals surface area (Å²) in [6.45, 7) is 3.39. The molecule has 2 aromatic carbocycles. The van der Waals surface area contributed by atoms with Gasteiger partial charge in [0, 0.05) is 14.8 Å². The Morgan fingerprint density at radius 1 is 1.00 bits per heavy atom. The van der Waals surface area contributed by atoms with Crippen LogP contribution in [0.3, 0.4) is 0 Å². The van der Waals surface area contributed by atoms with Crippen LogP contribution in [0.4, 0.5) is 17.3 Å². The van der Waals surface area contributed by atoms with Crippen molar-refractivity contribution >= 4 is 73.3 Å². The van der Waals surface area contributed by atoms with Gasteiger partial charge < -0.3 is 9.84 Å². The van der Waals surface area contributed by atoms with Gasteiger partial charge in [0.05, 0.1) is 16.3 Å². The SMILES string of the molecule is Cc1noc(NS(=O)(=O)c2ccc(NC3=C(Cl)C(=O)N(c4ccc(I)cc4)C3=O)cc2)c1C. The number of hydrogen-bond acceptors (Lipinski definition) is 7. The normalized spacial score (nSPS) is 14.2. The van der Waals surface area contributed by atoms with E-state index in [1.54, 1.807) is 38.1 Å². The minimum atomic E-state index is -3.92. The number of rotatable bonds is 6. The summed E-state index contributed by atoms with van der Waals surface area (Å²) in [6, 6.07) is 12.4. The highest BCUT2D eigenvalue weighted by molar-refractivity contribution is 14.1. The summed E-state index contributed by atoms with van der Waals surface area (Å²) in [5, 5.41) is 6.28. The number of nitrogens with one attached hydrogen (secondary N) is 2. The Labute approximate surface area is 208 Å². The van der Waals surface area contributed by atoms with E-state index in [9.17, 15) is 18.0 Å². The summed E-state index contributed by atoms with van der Waals surface area (Å²) in [5.74, 6) is -1.22. The first-order chi connectivity index (χ1) is 15.6. The second-order valence-electron chi connectivity index (χ2n) is 7.09. The summed E-state index contributed by atoms with van der Waals surface area (Å²) < 4.78 is 33.6. The van der Waals surface area contributed by atoms with Crippen molar-refractivity contribution in [3.05, 3.63) is 74.1 Å². The molecule has 0 bridgehead atoms. The van der Waals surface area contributed by atoms with E-state index in [2.05, 4.69) is 37.8 Å². The summed E-state index contributed by atoms with van der Waals surface area (Å²) in [6.07, 6.45) is 0. The van der Waals surface area contributed by atoms with Crippen LogP contribution in [0.1, 0.15) is 11.3 Å². The summed E-state index contributed by atoms with van der Waals surface area (Å²) in [5.41, 5.74) is 1.83. The number of aromatic nitrogens is 1. The lowest BCUT2D eigenvalue weighted by Gasteiger charge is -2.15. The average molecular weight is 599 g/mol. The van der Waals surface area contributed by atoms with Gasteiger partial charge in [-0.3, -0.25) is 9.59 Å². The van der Waals surface area contributed by atoms with Gasteiger partial charge in [-0.1, -0.05) is 16.8 Å². The van der Waals surface area contributed by atoms with Gasteiger partial charge in [0.2, 0.25) is 5.88 Å². The molecule has 33 heavy (non-hydrogen) atoms. The molecule has 0 saturated carbocycles. The van der Waals surface area contributed by atoms with E-state index in [-0.39, 0.29) is 21.5 Å². The molecule has 170 valence electrons. The van der Waals surface area contributed by atoms with Crippen molar-refractivity contribution in [2.45, 2.75) is 18.7 Å². The predicted molar refractivity (Wildman–Crippen MR) is 131 cm³/mol. The lowest BCUT2D eigenvalue weighted by atomic mass is 10.3. The largest absolute Gasteiger partial charge is 0.350 e. The maximum atomic E-state index is 12.9. The average Bonchev–Trinajstić information content (AvgIpc) is 3.20. The lowest BCUT2D eigenvalue weighted by Crippen LogP contribution is -2.32. The fourth-order valence-corrected chi connectivity index (χ4v) is 4.61. The third-order valence-corrected chi connectivity index (χ3v) is 7.35. The first-order valence-corrected chi connectivity index (χ1v) is 12.4. The molecule has 3 aromatic rings. The monoisotopic (exact) mass is 598 g/mol.